The summed E-state index contributed by atoms with van der Waals surface area (Å²) < 4.78 is 43.1. The molecule has 1 amide bonds. The van der Waals surface area contributed by atoms with Crippen LogP contribution in [0, 0.1) is 0 Å². The van der Waals surface area contributed by atoms with E-state index in [-0.39, 0.29) is 17.6 Å². The molecule has 0 bridgehead atoms. The van der Waals surface area contributed by atoms with Crippen LogP contribution in [0.5, 0.6) is 0 Å². The number of carbonyl (C=O) groups excluding carboxylic acids is 1. The SMILES string of the molecule is NCCCOC1CCN(C(=O)c2ccc(C(F)(F)F)nc2)CC1. The number of carbonyl (C=O) groups is 1. The van der Waals surface area contributed by atoms with Crippen molar-refractivity contribution in [2.45, 2.75) is 31.5 Å². The van der Waals surface area contributed by atoms with Crippen LogP contribution in [0.15, 0.2) is 18.3 Å². The highest BCUT2D eigenvalue weighted by molar-refractivity contribution is 5.94. The second-order valence-electron chi connectivity index (χ2n) is 5.43. The van der Waals surface area contributed by atoms with Crippen molar-refractivity contribution < 1.29 is 22.7 Å². The molecule has 0 unspecified atom stereocenters. The molecule has 2 heterocycles. The molecule has 0 saturated carbocycles. The Bertz CT molecular complexity index is 512. The Kier molecular flexibility index (Phi) is 5.95. The lowest BCUT2D eigenvalue weighted by Crippen LogP contribution is -2.41. The maximum absolute atomic E-state index is 12.5. The minimum Gasteiger partial charge on any atom is -0.378 e. The van der Waals surface area contributed by atoms with Crippen LogP contribution in [-0.4, -0.2) is 48.1 Å². The monoisotopic (exact) mass is 331 g/mol. The van der Waals surface area contributed by atoms with E-state index in [4.69, 9.17) is 10.5 Å². The van der Waals surface area contributed by atoms with Crippen LogP contribution in [0.3, 0.4) is 0 Å². The number of pyridine rings is 1. The van der Waals surface area contributed by atoms with Crippen LogP contribution >= 0.6 is 0 Å². The van der Waals surface area contributed by atoms with Gasteiger partial charge in [-0.3, -0.25) is 9.78 Å². The zero-order chi connectivity index (χ0) is 16.9. The Morgan fingerprint density at radius 1 is 1.35 bits per heavy atom. The number of hydrogen-bond acceptors (Lipinski definition) is 4. The largest absolute Gasteiger partial charge is 0.433 e. The Hall–Kier alpha value is -1.67. The number of ether oxygens (including phenoxy) is 1. The van der Waals surface area contributed by atoms with E-state index >= 15 is 0 Å². The third-order valence-corrected chi connectivity index (χ3v) is 3.73. The normalized spacial score (nSPS) is 16.6. The van der Waals surface area contributed by atoms with Crippen LogP contribution in [0.2, 0.25) is 0 Å². The third kappa shape index (κ3) is 4.90. The van der Waals surface area contributed by atoms with Crippen LogP contribution in [0.1, 0.15) is 35.3 Å². The van der Waals surface area contributed by atoms with Crippen LogP contribution < -0.4 is 5.73 Å². The first kappa shape index (κ1) is 17.7. The molecule has 23 heavy (non-hydrogen) atoms. The van der Waals surface area contributed by atoms with Gasteiger partial charge in [-0.1, -0.05) is 0 Å². The molecule has 1 aliphatic heterocycles. The molecule has 2 N–H and O–H groups in total. The summed E-state index contributed by atoms with van der Waals surface area (Å²) in [5, 5.41) is 0. The molecule has 0 atom stereocenters. The lowest BCUT2D eigenvalue weighted by Gasteiger charge is -2.32. The third-order valence-electron chi connectivity index (χ3n) is 3.73. The van der Waals surface area contributed by atoms with Crippen molar-refractivity contribution >= 4 is 5.91 Å². The Morgan fingerprint density at radius 2 is 2.04 bits per heavy atom. The molecule has 5 nitrogen and oxygen atoms in total. The van der Waals surface area contributed by atoms with Gasteiger partial charge in [-0.2, -0.15) is 13.2 Å². The number of amides is 1. The van der Waals surface area contributed by atoms with Crippen molar-refractivity contribution in [1.29, 1.82) is 0 Å². The number of likely N-dealkylation sites (tertiary alicyclic amines) is 1. The van der Waals surface area contributed by atoms with Gasteiger partial charge in [0.15, 0.2) is 0 Å². The molecule has 0 aromatic carbocycles. The van der Waals surface area contributed by atoms with Gasteiger partial charge in [0.25, 0.3) is 5.91 Å². The zero-order valence-corrected chi connectivity index (χ0v) is 12.7. The summed E-state index contributed by atoms with van der Waals surface area (Å²) in [4.78, 5) is 17.2. The molecule has 1 aromatic heterocycles. The molecule has 1 aromatic rings. The number of nitrogens with two attached hydrogens (primary N) is 1. The average molecular weight is 331 g/mol. The predicted octanol–water partition coefficient (Wildman–Crippen LogP) is 2.07. The highest BCUT2D eigenvalue weighted by Gasteiger charge is 2.32. The first-order valence-electron chi connectivity index (χ1n) is 7.56. The summed E-state index contributed by atoms with van der Waals surface area (Å²) in [6, 6.07) is 2.00. The minimum absolute atomic E-state index is 0.108. The Balaban J connectivity index is 1.87. The molecular weight excluding hydrogens is 311 g/mol. The van der Waals surface area contributed by atoms with Gasteiger partial charge >= 0.3 is 6.18 Å². The van der Waals surface area contributed by atoms with Crippen molar-refractivity contribution in [3.8, 4) is 0 Å². The molecule has 128 valence electrons. The second-order valence-corrected chi connectivity index (χ2v) is 5.43. The molecule has 0 aliphatic carbocycles. The van der Waals surface area contributed by atoms with Gasteiger partial charge < -0.3 is 15.4 Å². The minimum atomic E-state index is -4.50. The fraction of sp³-hybridized carbons (Fsp3) is 0.600. The Morgan fingerprint density at radius 3 is 2.57 bits per heavy atom. The molecule has 0 spiro atoms. The quantitative estimate of drug-likeness (QED) is 0.839. The second kappa shape index (κ2) is 7.74. The van der Waals surface area contributed by atoms with Crippen molar-refractivity contribution in [3.63, 3.8) is 0 Å². The first-order chi connectivity index (χ1) is 10.9. The lowest BCUT2D eigenvalue weighted by molar-refractivity contribution is -0.141. The predicted molar refractivity (Wildman–Crippen MR) is 77.8 cm³/mol. The Labute approximate surface area is 132 Å². The standard InChI is InChI=1S/C15H20F3N3O2/c16-15(17,18)13-3-2-11(10-20-13)14(22)21-7-4-12(5-8-21)23-9-1-6-19/h2-3,10,12H,1,4-9,19H2. The summed E-state index contributed by atoms with van der Waals surface area (Å²) in [7, 11) is 0. The van der Waals surface area contributed by atoms with Crippen LogP contribution in [-0.2, 0) is 10.9 Å². The number of alkyl halides is 3. The van der Waals surface area contributed by atoms with E-state index in [0.29, 0.717) is 39.1 Å². The zero-order valence-electron chi connectivity index (χ0n) is 12.7. The maximum atomic E-state index is 12.5. The van der Waals surface area contributed by atoms with Crippen LogP contribution in [0.4, 0.5) is 13.2 Å². The average Bonchev–Trinajstić information content (AvgIpc) is 2.54. The highest BCUT2D eigenvalue weighted by atomic mass is 19.4. The van der Waals surface area contributed by atoms with E-state index in [0.717, 1.165) is 18.7 Å². The van der Waals surface area contributed by atoms with E-state index in [1.807, 2.05) is 0 Å². The molecule has 1 saturated heterocycles. The van der Waals surface area contributed by atoms with E-state index in [2.05, 4.69) is 4.98 Å². The number of nitrogens with zero attached hydrogens (tertiary/aromatic N) is 2. The smallest absolute Gasteiger partial charge is 0.378 e. The van der Waals surface area contributed by atoms with Crippen molar-refractivity contribution in [3.05, 3.63) is 29.6 Å². The van der Waals surface area contributed by atoms with E-state index in [1.165, 1.54) is 6.07 Å². The van der Waals surface area contributed by atoms with E-state index < -0.39 is 11.9 Å². The lowest BCUT2D eigenvalue weighted by atomic mass is 10.1. The molecule has 2 rings (SSSR count). The highest BCUT2D eigenvalue weighted by Crippen LogP contribution is 2.27. The van der Waals surface area contributed by atoms with Gasteiger partial charge in [0.1, 0.15) is 5.69 Å². The van der Waals surface area contributed by atoms with Crippen molar-refractivity contribution in [2.24, 2.45) is 5.73 Å². The summed E-state index contributed by atoms with van der Waals surface area (Å²) in [5.74, 6) is -0.299. The molecule has 0 radical (unpaired) electrons. The molecule has 8 heteroatoms. The molecular formula is C15H20F3N3O2. The number of piperidine rings is 1. The summed E-state index contributed by atoms with van der Waals surface area (Å²) in [5.41, 5.74) is 4.57. The molecule has 1 aliphatic rings. The first-order valence-corrected chi connectivity index (χ1v) is 7.56. The van der Waals surface area contributed by atoms with Gasteiger partial charge in [0.05, 0.1) is 11.7 Å². The maximum Gasteiger partial charge on any atom is 0.433 e. The van der Waals surface area contributed by atoms with Gasteiger partial charge in [-0.05, 0) is 37.9 Å². The van der Waals surface area contributed by atoms with Crippen LogP contribution in [0.25, 0.3) is 0 Å². The number of hydrogen-bond donors (Lipinski definition) is 1. The van der Waals surface area contributed by atoms with Crippen molar-refractivity contribution in [1.82, 2.24) is 9.88 Å². The van der Waals surface area contributed by atoms with Gasteiger partial charge in [-0.15, -0.1) is 0 Å². The summed E-state index contributed by atoms with van der Waals surface area (Å²) >= 11 is 0. The molecule has 1 fully saturated rings. The summed E-state index contributed by atoms with van der Waals surface area (Å²) in [6.45, 7) is 2.23. The number of aromatic nitrogens is 1. The summed E-state index contributed by atoms with van der Waals surface area (Å²) in [6.07, 6.45) is -1.18. The van der Waals surface area contributed by atoms with Gasteiger partial charge in [0.2, 0.25) is 0 Å². The van der Waals surface area contributed by atoms with Crippen molar-refractivity contribution in [2.75, 3.05) is 26.2 Å². The fourth-order valence-electron chi connectivity index (χ4n) is 2.43. The van der Waals surface area contributed by atoms with Gasteiger partial charge in [0, 0.05) is 25.9 Å². The van der Waals surface area contributed by atoms with E-state index in [9.17, 15) is 18.0 Å². The fourth-order valence-corrected chi connectivity index (χ4v) is 2.43. The van der Waals surface area contributed by atoms with E-state index in [1.54, 1.807) is 4.90 Å². The van der Waals surface area contributed by atoms with Gasteiger partial charge in [-0.25, -0.2) is 0 Å². The number of halogens is 3. The number of rotatable bonds is 5. The topological polar surface area (TPSA) is 68.5 Å².